The van der Waals surface area contributed by atoms with Crippen molar-refractivity contribution in [2.24, 2.45) is 0 Å². The van der Waals surface area contributed by atoms with Crippen molar-refractivity contribution < 1.29 is 22.7 Å². The van der Waals surface area contributed by atoms with Crippen molar-refractivity contribution in [1.82, 2.24) is 10.0 Å². The number of rotatable bonds is 5. The van der Waals surface area contributed by atoms with E-state index < -0.39 is 32.4 Å². The van der Waals surface area contributed by atoms with Crippen LogP contribution in [0.5, 0.6) is 0 Å². The molecular formula is C12H22N2O5S. The first-order valence-electron chi connectivity index (χ1n) is 6.58. The third-order valence-corrected chi connectivity index (χ3v) is 4.84. The van der Waals surface area contributed by atoms with Gasteiger partial charge < -0.3 is 10.1 Å². The van der Waals surface area contributed by atoms with Crippen molar-refractivity contribution in [2.45, 2.75) is 57.3 Å². The normalized spacial score (nSPS) is 17.2. The minimum absolute atomic E-state index is 0.209. The van der Waals surface area contributed by atoms with E-state index in [1.54, 1.807) is 20.8 Å². The highest BCUT2D eigenvalue weighted by molar-refractivity contribution is 7.92. The summed E-state index contributed by atoms with van der Waals surface area (Å²) in [5.41, 5.74) is -0.805. The molecular weight excluding hydrogens is 284 g/mol. The molecule has 1 aliphatic carbocycles. The van der Waals surface area contributed by atoms with E-state index in [0.29, 0.717) is 13.0 Å². The zero-order chi connectivity index (χ0) is 15.6. The summed E-state index contributed by atoms with van der Waals surface area (Å²) in [5.74, 6) is -0.560. The SMILES string of the molecule is CCCNC(=O)C1(S(=O)(=O)NC(=O)OC(C)(C)C)CC1. The first kappa shape index (κ1) is 16.7. The van der Waals surface area contributed by atoms with Gasteiger partial charge in [0, 0.05) is 6.54 Å². The Kier molecular flexibility index (Phi) is 4.68. The highest BCUT2D eigenvalue weighted by Crippen LogP contribution is 2.43. The van der Waals surface area contributed by atoms with Crippen LogP contribution in [-0.4, -0.2) is 37.3 Å². The second kappa shape index (κ2) is 5.59. The lowest BCUT2D eigenvalue weighted by Gasteiger charge is -2.21. The van der Waals surface area contributed by atoms with Crippen molar-refractivity contribution in [2.75, 3.05) is 6.54 Å². The molecule has 2 amide bonds. The van der Waals surface area contributed by atoms with Gasteiger partial charge in [-0.25, -0.2) is 17.9 Å². The molecule has 0 saturated heterocycles. The van der Waals surface area contributed by atoms with Gasteiger partial charge in [-0.05, 0) is 40.0 Å². The monoisotopic (exact) mass is 306 g/mol. The van der Waals surface area contributed by atoms with Gasteiger partial charge >= 0.3 is 6.09 Å². The van der Waals surface area contributed by atoms with E-state index in [0.717, 1.165) is 0 Å². The molecule has 2 N–H and O–H groups in total. The van der Waals surface area contributed by atoms with Crippen molar-refractivity contribution in [1.29, 1.82) is 0 Å². The Bertz CT molecular complexity index is 488. The van der Waals surface area contributed by atoms with Gasteiger partial charge in [-0.1, -0.05) is 6.92 Å². The highest BCUT2D eigenvalue weighted by Gasteiger charge is 2.61. The molecule has 0 aromatic rings. The third-order valence-electron chi connectivity index (χ3n) is 2.78. The van der Waals surface area contributed by atoms with Crippen molar-refractivity contribution in [3.63, 3.8) is 0 Å². The molecule has 0 aromatic heterocycles. The number of ether oxygens (including phenoxy) is 1. The predicted octanol–water partition coefficient (Wildman–Crippen LogP) is 0.900. The summed E-state index contributed by atoms with van der Waals surface area (Å²) >= 11 is 0. The predicted molar refractivity (Wildman–Crippen MR) is 73.6 cm³/mol. The van der Waals surface area contributed by atoms with Gasteiger partial charge in [0.1, 0.15) is 5.60 Å². The summed E-state index contributed by atoms with van der Waals surface area (Å²) < 4.78 is 29.5. The molecule has 1 saturated carbocycles. The molecule has 0 atom stereocenters. The van der Waals surface area contributed by atoms with Crippen molar-refractivity contribution in [3.05, 3.63) is 0 Å². The fourth-order valence-electron chi connectivity index (χ4n) is 1.64. The molecule has 0 aliphatic heterocycles. The summed E-state index contributed by atoms with van der Waals surface area (Å²) in [5, 5.41) is 2.55. The second-order valence-electron chi connectivity index (χ2n) is 5.86. The first-order chi connectivity index (χ1) is 9.04. The molecule has 0 bridgehead atoms. The maximum Gasteiger partial charge on any atom is 0.421 e. The van der Waals surface area contributed by atoms with Crippen LogP contribution in [0.2, 0.25) is 0 Å². The molecule has 0 radical (unpaired) electrons. The summed E-state index contributed by atoms with van der Waals surface area (Å²) in [6, 6.07) is 0. The van der Waals surface area contributed by atoms with Crippen LogP contribution in [0.4, 0.5) is 4.79 Å². The topological polar surface area (TPSA) is 102 Å². The largest absolute Gasteiger partial charge is 0.443 e. The van der Waals surface area contributed by atoms with E-state index in [-0.39, 0.29) is 12.8 Å². The lowest BCUT2D eigenvalue weighted by molar-refractivity contribution is -0.121. The minimum Gasteiger partial charge on any atom is -0.443 e. The van der Waals surface area contributed by atoms with E-state index in [1.807, 2.05) is 11.6 Å². The Hall–Kier alpha value is -1.31. The molecule has 20 heavy (non-hydrogen) atoms. The zero-order valence-electron chi connectivity index (χ0n) is 12.3. The number of sulfonamides is 1. The molecule has 0 heterocycles. The fraction of sp³-hybridized carbons (Fsp3) is 0.833. The number of hydrogen-bond donors (Lipinski definition) is 2. The van der Waals surface area contributed by atoms with Crippen LogP contribution in [0.25, 0.3) is 0 Å². The van der Waals surface area contributed by atoms with Crippen LogP contribution in [-0.2, 0) is 19.6 Å². The van der Waals surface area contributed by atoms with Gasteiger partial charge in [-0.2, -0.15) is 0 Å². The fourth-order valence-corrected chi connectivity index (χ4v) is 3.05. The van der Waals surface area contributed by atoms with Gasteiger partial charge in [0.2, 0.25) is 5.91 Å². The van der Waals surface area contributed by atoms with E-state index in [4.69, 9.17) is 4.74 Å². The van der Waals surface area contributed by atoms with Crippen molar-refractivity contribution in [3.8, 4) is 0 Å². The van der Waals surface area contributed by atoms with E-state index in [1.165, 1.54) is 0 Å². The van der Waals surface area contributed by atoms with Crippen LogP contribution in [0.15, 0.2) is 0 Å². The number of amides is 2. The summed E-state index contributed by atoms with van der Waals surface area (Å²) in [7, 11) is -4.09. The van der Waals surface area contributed by atoms with E-state index in [2.05, 4.69) is 5.32 Å². The molecule has 1 aliphatic rings. The quantitative estimate of drug-likeness (QED) is 0.785. The molecule has 1 rings (SSSR count). The van der Waals surface area contributed by atoms with E-state index in [9.17, 15) is 18.0 Å². The average Bonchev–Trinajstić information content (AvgIpc) is 3.03. The van der Waals surface area contributed by atoms with Crippen LogP contribution in [0.3, 0.4) is 0 Å². The van der Waals surface area contributed by atoms with Gasteiger partial charge in [0.25, 0.3) is 10.0 Å². The third kappa shape index (κ3) is 3.84. The molecule has 0 unspecified atom stereocenters. The first-order valence-corrected chi connectivity index (χ1v) is 8.06. The molecule has 116 valence electrons. The molecule has 0 aromatic carbocycles. The Morgan fingerprint density at radius 2 is 1.80 bits per heavy atom. The molecule has 0 spiro atoms. The summed E-state index contributed by atoms with van der Waals surface area (Å²) in [6.45, 7) is 7.15. The van der Waals surface area contributed by atoms with Gasteiger partial charge in [-0.3, -0.25) is 4.79 Å². The lowest BCUT2D eigenvalue weighted by Crippen LogP contribution is -2.49. The number of carbonyl (C=O) groups is 2. The number of carbonyl (C=O) groups excluding carboxylic acids is 2. The zero-order valence-corrected chi connectivity index (χ0v) is 13.1. The van der Waals surface area contributed by atoms with Crippen LogP contribution < -0.4 is 10.0 Å². The second-order valence-corrected chi connectivity index (χ2v) is 7.85. The molecule has 7 nitrogen and oxygen atoms in total. The van der Waals surface area contributed by atoms with E-state index >= 15 is 0 Å². The smallest absolute Gasteiger partial charge is 0.421 e. The molecule has 1 fully saturated rings. The Balaban J connectivity index is 2.74. The van der Waals surface area contributed by atoms with Crippen LogP contribution >= 0.6 is 0 Å². The summed E-state index contributed by atoms with van der Waals surface area (Å²) in [4.78, 5) is 23.5. The highest BCUT2D eigenvalue weighted by atomic mass is 32.2. The van der Waals surface area contributed by atoms with Crippen molar-refractivity contribution >= 4 is 22.0 Å². The van der Waals surface area contributed by atoms with Gasteiger partial charge in [0.05, 0.1) is 0 Å². The minimum atomic E-state index is -4.09. The van der Waals surface area contributed by atoms with Gasteiger partial charge in [-0.15, -0.1) is 0 Å². The summed E-state index contributed by atoms with van der Waals surface area (Å²) in [6.07, 6.45) is 0.0648. The standard InChI is InChI=1S/C12H22N2O5S/c1-5-8-13-9(15)12(6-7-12)20(17,18)14-10(16)19-11(2,3)4/h5-8H2,1-4H3,(H,13,15)(H,14,16). The van der Waals surface area contributed by atoms with Crippen LogP contribution in [0.1, 0.15) is 47.0 Å². The molecule has 8 heteroatoms. The Morgan fingerprint density at radius 1 is 1.25 bits per heavy atom. The maximum atomic E-state index is 12.1. The Morgan fingerprint density at radius 3 is 2.20 bits per heavy atom. The number of hydrogen-bond acceptors (Lipinski definition) is 5. The Labute approximate surface area is 119 Å². The maximum absolute atomic E-state index is 12.1. The average molecular weight is 306 g/mol. The van der Waals surface area contributed by atoms with Gasteiger partial charge in [0.15, 0.2) is 4.75 Å². The van der Waals surface area contributed by atoms with Crippen LogP contribution in [0, 0.1) is 0 Å². The lowest BCUT2D eigenvalue weighted by atomic mass is 10.2. The number of nitrogens with one attached hydrogen (secondary N) is 2.